The first-order valence-electron chi connectivity index (χ1n) is 8.50. The molecule has 0 spiro atoms. The second-order valence-corrected chi connectivity index (χ2v) is 6.19. The second-order valence-electron chi connectivity index (χ2n) is 6.19. The van der Waals surface area contributed by atoms with Gasteiger partial charge in [-0.2, -0.15) is 0 Å². The van der Waals surface area contributed by atoms with Gasteiger partial charge in [0.2, 0.25) is 5.95 Å². The van der Waals surface area contributed by atoms with Crippen LogP contribution in [-0.2, 0) is 0 Å². The predicted molar refractivity (Wildman–Crippen MR) is 104 cm³/mol. The molecule has 0 aliphatic carbocycles. The summed E-state index contributed by atoms with van der Waals surface area (Å²) in [5.41, 5.74) is 9.63. The number of carbonyl (C=O) groups is 1. The van der Waals surface area contributed by atoms with E-state index in [0.717, 1.165) is 23.5 Å². The Morgan fingerprint density at radius 2 is 2.07 bits per heavy atom. The van der Waals surface area contributed by atoms with Crippen LogP contribution in [0.5, 0.6) is 0 Å². The fourth-order valence-corrected chi connectivity index (χ4v) is 2.68. The molecular weight excluding hydrogens is 344 g/mol. The molecule has 2 heterocycles. The molecule has 5 N–H and O–H groups in total. The van der Waals surface area contributed by atoms with Gasteiger partial charge in [0.05, 0.1) is 23.1 Å². The molecule has 8 heteroatoms. The minimum Gasteiger partial charge on any atom is -0.478 e. The molecule has 1 atom stereocenters. The first-order valence-corrected chi connectivity index (χ1v) is 8.50. The Morgan fingerprint density at radius 3 is 2.78 bits per heavy atom. The fraction of sp³-hybridized carbons (Fsp3) is 0.211. The summed E-state index contributed by atoms with van der Waals surface area (Å²) in [5.74, 6) is -0.552. The van der Waals surface area contributed by atoms with Crippen molar-refractivity contribution in [2.75, 3.05) is 12.4 Å². The van der Waals surface area contributed by atoms with Gasteiger partial charge in [-0.05, 0) is 43.5 Å². The average molecular weight is 366 g/mol. The van der Waals surface area contributed by atoms with E-state index in [-0.39, 0.29) is 11.7 Å². The zero-order valence-electron chi connectivity index (χ0n) is 15.2. The van der Waals surface area contributed by atoms with Gasteiger partial charge in [-0.25, -0.2) is 14.8 Å². The number of nitrogens with two attached hydrogens (primary N) is 1. The molecule has 1 aliphatic rings. The molecule has 0 amide bonds. The van der Waals surface area contributed by atoms with Gasteiger partial charge >= 0.3 is 5.97 Å². The van der Waals surface area contributed by atoms with E-state index in [0.29, 0.717) is 11.6 Å². The maximum absolute atomic E-state index is 10.9. The molecule has 1 unspecified atom stereocenters. The fourth-order valence-electron chi connectivity index (χ4n) is 2.68. The molecule has 8 nitrogen and oxygen atoms in total. The number of aromatic carboxylic acids is 1. The Hall–Kier alpha value is -3.39. The Labute approximate surface area is 157 Å². The Kier molecular flexibility index (Phi) is 5.37. The van der Waals surface area contributed by atoms with Crippen LogP contribution in [0.2, 0.25) is 0 Å². The third kappa shape index (κ3) is 4.24. The molecule has 2 aromatic rings. The van der Waals surface area contributed by atoms with Crippen LogP contribution in [0, 0.1) is 0 Å². The molecule has 1 aromatic carbocycles. The van der Waals surface area contributed by atoms with Crippen molar-refractivity contribution in [3.63, 3.8) is 0 Å². The third-order valence-corrected chi connectivity index (χ3v) is 4.41. The monoisotopic (exact) mass is 366 g/mol. The lowest BCUT2D eigenvalue weighted by atomic mass is 10.2. The van der Waals surface area contributed by atoms with E-state index in [2.05, 4.69) is 20.6 Å². The maximum Gasteiger partial charge on any atom is 0.335 e. The molecule has 140 valence electrons. The van der Waals surface area contributed by atoms with Crippen molar-refractivity contribution in [3.05, 3.63) is 65.8 Å². The number of rotatable bonds is 4. The number of benzene rings is 1. The van der Waals surface area contributed by atoms with E-state index in [1.54, 1.807) is 18.3 Å². The van der Waals surface area contributed by atoms with Crippen molar-refractivity contribution in [2.24, 2.45) is 5.73 Å². The zero-order valence-corrected chi connectivity index (χ0v) is 15.2. The topological polar surface area (TPSA) is 116 Å². The molecule has 1 aliphatic heterocycles. The van der Waals surface area contributed by atoms with Gasteiger partial charge in [0.15, 0.2) is 0 Å². The van der Waals surface area contributed by atoms with Crippen molar-refractivity contribution >= 4 is 23.3 Å². The van der Waals surface area contributed by atoms with Crippen LogP contribution in [0.3, 0.4) is 0 Å². The molecular formula is C19H22N6O2. The maximum atomic E-state index is 10.9. The van der Waals surface area contributed by atoms with Crippen molar-refractivity contribution in [1.29, 1.82) is 0 Å². The quantitative estimate of drug-likeness (QED) is 0.651. The summed E-state index contributed by atoms with van der Waals surface area (Å²) in [6, 6.07) is 8.22. The Morgan fingerprint density at radius 1 is 1.33 bits per heavy atom. The number of nitrogens with zero attached hydrogens (tertiary/aromatic N) is 3. The van der Waals surface area contributed by atoms with E-state index in [4.69, 9.17) is 10.8 Å². The van der Waals surface area contributed by atoms with Gasteiger partial charge in [-0.15, -0.1) is 0 Å². The van der Waals surface area contributed by atoms with Gasteiger partial charge in [-0.1, -0.05) is 6.08 Å². The van der Waals surface area contributed by atoms with Crippen molar-refractivity contribution in [2.45, 2.75) is 19.5 Å². The number of aromatic nitrogens is 2. The lowest BCUT2D eigenvalue weighted by Crippen LogP contribution is -2.39. The van der Waals surface area contributed by atoms with Crippen molar-refractivity contribution in [3.8, 4) is 0 Å². The molecule has 27 heavy (non-hydrogen) atoms. The third-order valence-electron chi connectivity index (χ3n) is 4.41. The van der Waals surface area contributed by atoms with E-state index >= 15 is 0 Å². The molecule has 3 rings (SSSR count). The van der Waals surface area contributed by atoms with Gasteiger partial charge in [0.1, 0.15) is 0 Å². The molecule has 0 saturated carbocycles. The molecule has 1 aromatic heterocycles. The first-order chi connectivity index (χ1) is 13.0. The summed E-state index contributed by atoms with van der Waals surface area (Å²) in [6.45, 7) is 1.99. The highest BCUT2D eigenvalue weighted by Crippen LogP contribution is 2.21. The number of carboxylic acid groups (broad SMARTS) is 1. The summed E-state index contributed by atoms with van der Waals surface area (Å²) >= 11 is 0. The van der Waals surface area contributed by atoms with Crippen LogP contribution >= 0.6 is 0 Å². The minimum absolute atomic E-state index is 0.106. The highest BCUT2D eigenvalue weighted by Gasteiger charge is 2.17. The highest BCUT2D eigenvalue weighted by atomic mass is 16.4. The Bertz CT molecular complexity index is 891. The summed E-state index contributed by atoms with van der Waals surface area (Å²) in [4.78, 5) is 21.8. The highest BCUT2D eigenvalue weighted by molar-refractivity contribution is 5.88. The summed E-state index contributed by atoms with van der Waals surface area (Å²) < 4.78 is 0. The SMILES string of the molecule is CC1=C(c2ccnc(Nc3ccc(C(=O)O)cc3)n2)NC=CCC(N)N1C. The van der Waals surface area contributed by atoms with Gasteiger partial charge in [-0.3, -0.25) is 0 Å². The average Bonchev–Trinajstić information content (AvgIpc) is 2.66. The zero-order chi connectivity index (χ0) is 19.4. The molecule has 0 fully saturated rings. The largest absolute Gasteiger partial charge is 0.478 e. The Balaban J connectivity index is 1.87. The van der Waals surface area contributed by atoms with Gasteiger partial charge in [0, 0.05) is 31.0 Å². The summed E-state index contributed by atoms with van der Waals surface area (Å²) in [5, 5.41) is 15.3. The van der Waals surface area contributed by atoms with Crippen LogP contribution in [0.4, 0.5) is 11.6 Å². The lowest BCUT2D eigenvalue weighted by Gasteiger charge is -2.30. The van der Waals surface area contributed by atoms with E-state index in [1.807, 2.05) is 37.2 Å². The van der Waals surface area contributed by atoms with Crippen LogP contribution in [0.25, 0.3) is 5.70 Å². The van der Waals surface area contributed by atoms with Crippen LogP contribution < -0.4 is 16.4 Å². The summed E-state index contributed by atoms with van der Waals surface area (Å²) in [7, 11) is 1.95. The lowest BCUT2D eigenvalue weighted by molar-refractivity contribution is 0.0697. The van der Waals surface area contributed by atoms with Crippen molar-refractivity contribution < 1.29 is 9.90 Å². The van der Waals surface area contributed by atoms with E-state index in [9.17, 15) is 4.79 Å². The predicted octanol–water partition coefficient (Wildman–Crippen LogP) is 2.33. The second kappa shape index (κ2) is 7.88. The number of carboxylic acids is 1. The van der Waals surface area contributed by atoms with E-state index in [1.165, 1.54) is 12.1 Å². The number of nitrogens with one attached hydrogen (secondary N) is 2. The standard InChI is InChI=1S/C19H22N6O2/c1-12-17(21-10-3-4-16(20)25(12)2)15-9-11-22-19(24-15)23-14-7-5-13(6-8-14)18(26)27/h3,5-11,16,21H,4,20H2,1-2H3,(H,26,27)(H,22,23,24). The number of allylic oxidation sites excluding steroid dienone is 1. The van der Waals surface area contributed by atoms with Crippen LogP contribution in [-0.4, -0.2) is 39.2 Å². The smallest absolute Gasteiger partial charge is 0.335 e. The molecule has 0 bridgehead atoms. The van der Waals surface area contributed by atoms with Crippen molar-refractivity contribution in [1.82, 2.24) is 20.2 Å². The van der Waals surface area contributed by atoms with E-state index < -0.39 is 5.97 Å². The first kappa shape index (κ1) is 18.4. The number of hydrogen-bond acceptors (Lipinski definition) is 7. The normalized spacial score (nSPS) is 17.1. The summed E-state index contributed by atoms with van der Waals surface area (Å²) in [6.07, 6.45) is 6.16. The van der Waals surface area contributed by atoms with Crippen LogP contribution in [0.15, 0.2) is 54.5 Å². The van der Waals surface area contributed by atoms with Crippen LogP contribution in [0.1, 0.15) is 29.4 Å². The molecule has 0 saturated heterocycles. The number of anilines is 2. The minimum atomic E-state index is -0.965. The number of hydrogen-bond donors (Lipinski definition) is 4. The van der Waals surface area contributed by atoms with Gasteiger partial charge < -0.3 is 26.4 Å². The molecule has 0 radical (unpaired) electrons. The van der Waals surface area contributed by atoms with Gasteiger partial charge in [0.25, 0.3) is 0 Å².